The third kappa shape index (κ3) is 6.58. The summed E-state index contributed by atoms with van der Waals surface area (Å²) in [6, 6.07) is 9.05. The maximum absolute atomic E-state index is 12.0. The average molecular weight is 410 g/mol. The molecule has 0 aliphatic carbocycles. The molecule has 1 aromatic carbocycles. The predicted molar refractivity (Wildman–Crippen MR) is 93.1 cm³/mol. The van der Waals surface area contributed by atoms with Crippen molar-refractivity contribution in [3.05, 3.63) is 42.0 Å². The van der Waals surface area contributed by atoms with Gasteiger partial charge in [0.2, 0.25) is 5.82 Å². The molecule has 0 saturated carbocycles. The summed E-state index contributed by atoms with van der Waals surface area (Å²) in [7, 11) is 0. The molecule has 1 fully saturated rings. The van der Waals surface area contributed by atoms with Crippen molar-refractivity contribution in [1.29, 1.82) is 5.26 Å². The van der Waals surface area contributed by atoms with Gasteiger partial charge in [-0.1, -0.05) is 6.07 Å². The van der Waals surface area contributed by atoms with Crippen LogP contribution in [0.3, 0.4) is 0 Å². The number of carboxylic acids is 1. The molecule has 1 saturated heterocycles. The number of hydrogen-bond donors (Lipinski definition) is 3. The number of carbonyl (C=O) groups is 2. The molecule has 0 bridgehead atoms. The van der Waals surface area contributed by atoms with Crippen LogP contribution in [-0.4, -0.2) is 57.6 Å². The monoisotopic (exact) mass is 410 g/mol. The molecule has 2 heterocycles. The van der Waals surface area contributed by atoms with Gasteiger partial charge >= 0.3 is 12.1 Å². The number of aromatic nitrogens is 3. The van der Waals surface area contributed by atoms with Crippen molar-refractivity contribution in [3.63, 3.8) is 0 Å². The van der Waals surface area contributed by atoms with E-state index in [1.165, 1.54) is 11.0 Å². The van der Waals surface area contributed by atoms with Crippen LogP contribution in [0.5, 0.6) is 0 Å². The Morgan fingerprint density at radius 2 is 2.14 bits per heavy atom. The normalized spacial score (nSPS) is 15.7. The minimum absolute atomic E-state index is 0.133. The van der Waals surface area contributed by atoms with Crippen molar-refractivity contribution in [2.24, 2.45) is 5.92 Å². The molecule has 154 valence electrons. The van der Waals surface area contributed by atoms with Gasteiger partial charge in [-0.25, -0.2) is 14.5 Å². The molecule has 1 atom stereocenters. The van der Waals surface area contributed by atoms with Crippen molar-refractivity contribution < 1.29 is 27.9 Å². The van der Waals surface area contributed by atoms with Crippen molar-refractivity contribution in [3.8, 4) is 11.8 Å². The van der Waals surface area contributed by atoms with Gasteiger partial charge in [0, 0.05) is 6.54 Å². The molecule has 1 amide bonds. The van der Waals surface area contributed by atoms with E-state index in [0.29, 0.717) is 23.7 Å². The lowest BCUT2D eigenvalue weighted by molar-refractivity contribution is -0.192. The molecule has 12 heteroatoms. The lowest BCUT2D eigenvalue weighted by Gasteiger charge is -2.08. The highest BCUT2D eigenvalue weighted by molar-refractivity contribution is 5.90. The number of carbonyl (C=O) groups excluding carboxylic acids is 1. The fourth-order valence-electron chi connectivity index (χ4n) is 2.41. The van der Waals surface area contributed by atoms with E-state index in [1.54, 1.807) is 24.3 Å². The molecule has 0 unspecified atom stereocenters. The van der Waals surface area contributed by atoms with E-state index in [4.69, 9.17) is 15.2 Å². The Kier molecular flexibility index (Phi) is 7.27. The second-order valence-electron chi connectivity index (χ2n) is 6.05. The van der Waals surface area contributed by atoms with Crippen LogP contribution in [0.2, 0.25) is 0 Å². The van der Waals surface area contributed by atoms with Crippen LogP contribution in [-0.2, 0) is 4.79 Å². The molecule has 3 N–H and O–H groups in total. The molecule has 1 aliphatic rings. The van der Waals surface area contributed by atoms with Crippen LogP contribution in [0.25, 0.3) is 5.69 Å². The summed E-state index contributed by atoms with van der Waals surface area (Å²) in [5, 5.41) is 26.3. The third-order valence-electron chi connectivity index (χ3n) is 3.89. The summed E-state index contributed by atoms with van der Waals surface area (Å²) < 4.78 is 33.2. The number of nitrogens with one attached hydrogen (secondary N) is 2. The number of alkyl halides is 3. The molecule has 3 rings (SSSR count). The first-order valence-corrected chi connectivity index (χ1v) is 8.42. The lowest BCUT2D eigenvalue weighted by atomic mass is 10.1. The highest BCUT2D eigenvalue weighted by atomic mass is 19.4. The largest absolute Gasteiger partial charge is 0.490 e. The van der Waals surface area contributed by atoms with Gasteiger partial charge in [0.25, 0.3) is 5.91 Å². The van der Waals surface area contributed by atoms with Gasteiger partial charge in [-0.15, -0.1) is 5.10 Å². The number of carboxylic acid groups (broad SMARTS) is 1. The highest BCUT2D eigenvalue weighted by Gasteiger charge is 2.38. The molecule has 1 aromatic heterocycles. The predicted octanol–water partition coefficient (Wildman–Crippen LogP) is 1.11. The molecule has 1 aliphatic heterocycles. The number of rotatable bonds is 4. The van der Waals surface area contributed by atoms with Gasteiger partial charge in [0.1, 0.15) is 6.33 Å². The van der Waals surface area contributed by atoms with Crippen LogP contribution in [0, 0.1) is 17.2 Å². The first-order valence-electron chi connectivity index (χ1n) is 8.42. The third-order valence-corrected chi connectivity index (χ3v) is 3.89. The first kappa shape index (κ1) is 21.8. The van der Waals surface area contributed by atoms with Gasteiger partial charge in [-0.3, -0.25) is 4.79 Å². The molecule has 2 aromatic rings. The lowest BCUT2D eigenvalue weighted by Crippen LogP contribution is -2.31. The smallest absolute Gasteiger partial charge is 0.475 e. The van der Waals surface area contributed by atoms with Gasteiger partial charge < -0.3 is 15.7 Å². The van der Waals surface area contributed by atoms with E-state index in [-0.39, 0.29) is 11.7 Å². The number of halogens is 3. The molecule has 9 nitrogen and oxygen atoms in total. The van der Waals surface area contributed by atoms with Gasteiger partial charge in [0.05, 0.1) is 17.3 Å². The van der Waals surface area contributed by atoms with Crippen LogP contribution in [0.1, 0.15) is 22.6 Å². The van der Waals surface area contributed by atoms with E-state index in [0.717, 1.165) is 19.5 Å². The Balaban J connectivity index is 0.000000370. The maximum Gasteiger partial charge on any atom is 0.490 e. The average Bonchev–Trinajstić information content (AvgIpc) is 3.38. The summed E-state index contributed by atoms with van der Waals surface area (Å²) in [5.74, 6) is -2.43. The van der Waals surface area contributed by atoms with E-state index < -0.39 is 12.1 Å². The molecule has 0 radical (unpaired) electrons. The number of amides is 1. The minimum Gasteiger partial charge on any atom is -0.475 e. The second kappa shape index (κ2) is 9.65. The zero-order valence-electron chi connectivity index (χ0n) is 15.0. The SMILES string of the molecule is N#Cc1cccc(-n2cnc(C(=O)NC[C@H]3CCNC3)n2)c1.O=C(O)C(F)(F)F. The summed E-state index contributed by atoms with van der Waals surface area (Å²) in [6.07, 6.45) is -2.54. The van der Waals surface area contributed by atoms with E-state index >= 15 is 0 Å². The fourth-order valence-corrected chi connectivity index (χ4v) is 2.41. The molecular formula is C17H17F3N6O3. The van der Waals surface area contributed by atoms with Crippen LogP contribution in [0.4, 0.5) is 13.2 Å². The maximum atomic E-state index is 12.0. The summed E-state index contributed by atoms with van der Waals surface area (Å²) in [5.41, 5.74) is 1.23. The number of nitrogens with zero attached hydrogens (tertiary/aromatic N) is 4. The summed E-state index contributed by atoms with van der Waals surface area (Å²) in [6.45, 7) is 2.57. The van der Waals surface area contributed by atoms with Crippen molar-refractivity contribution in [1.82, 2.24) is 25.4 Å². The van der Waals surface area contributed by atoms with E-state index in [9.17, 15) is 18.0 Å². The highest BCUT2D eigenvalue weighted by Crippen LogP contribution is 2.13. The van der Waals surface area contributed by atoms with Gasteiger partial charge in [-0.05, 0) is 43.6 Å². The summed E-state index contributed by atoms with van der Waals surface area (Å²) in [4.78, 5) is 25.0. The van der Waals surface area contributed by atoms with Gasteiger partial charge in [-0.2, -0.15) is 18.4 Å². The van der Waals surface area contributed by atoms with Crippen LogP contribution in [0.15, 0.2) is 30.6 Å². The van der Waals surface area contributed by atoms with Gasteiger partial charge in [0.15, 0.2) is 0 Å². The zero-order chi connectivity index (χ0) is 21.4. The van der Waals surface area contributed by atoms with Crippen LogP contribution < -0.4 is 10.6 Å². The summed E-state index contributed by atoms with van der Waals surface area (Å²) >= 11 is 0. The molecule has 0 spiro atoms. The van der Waals surface area contributed by atoms with Crippen LogP contribution >= 0.6 is 0 Å². The number of aliphatic carboxylic acids is 1. The standard InChI is InChI=1S/C15H16N6O.C2HF3O2/c16-7-11-2-1-3-13(6-11)21-10-19-14(20-21)15(22)18-9-12-4-5-17-8-12;3-2(4,5)1(6)7/h1-3,6,10,12,17H,4-5,8-9H2,(H,18,22);(H,6,7)/t12-;/m0./s1. The molecule has 29 heavy (non-hydrogen) atoms. The van der Waals surface area contributed by atoms with Crippen molar-refractivity contribution >= 4 is 11.9 Å². The quantitative estimate of drug-likeness (QED) is 0.688. The Morgan fingerprint density at radius 1 is 1.41 bits per heavy atom. The Morgan fingerprint density at radius 3 is 2.72 bits per heavy atom. The number of hydrogen-bond acceptors (Lipinski definition) is 6. The zero-order valence-corrected chi connectivity index (χ0v) is 15.0. The number of benzene rings is 1. The minimum atomic E-state index is -5.08. The fraction of sp³-hybridized carbons (Fsp3) is 0.353. The van der Waals surface area contributed by atoms with E-state index in [1.807, 2.05) is 0 Å². The Labute approximate surface area is 163 Å². The number of nitriles is 1. The second-order valence-corrected chi connectivity index (χ2v) is 6.05. The topological polar surface area (TPSA) is 133 Å². The molecular weight excluding hydrogens is 393 g/mol. The Bertz CT molecular complexity index is 900. The van der Waals surface area contributed by atoms with Crippen molar-refractivity contribution in [2.45, 2.75) is 12.6 Å². The van der Waals surface area contributed by atoms with E-state index in [2.05, 4.69) is 26.8 Å². The van der Waals surface area contributed by atoms with Crippen molar-refractivity contribution in [2.75, 3.05) is 19.6 Å². The first-order chi connectivity index (χ1) is 13.7. The Hall–Kier alpha value is -3.46.